The maximum absolute atomic E-state index is 5.10. The molecule has 66 valence electrons. The molecule has 0 saturated carbocycles. The second-order valence-corrected chi connectivity index (χ2v) is 3.02. The van der Waals surface area contributed by atoms with Crippen LogP contribution in [0.2, 0.25) is 0 Å². The number of hydrogen-bond acceptors (Lipinski definition) is 2. The van der Waals surface area contributed by atoms with Crippen LogP contribution >= 0.6 is 0 Å². The van der Waals surface area contributed by atoms with E-state index in [1.165, 1.54) is 6.42 Å². The van der Waals surface area contributed by atoms with Crippen molar-refractivity contribution in [3.8, 4) is 0 Å². The SMILES string of the molecule is CCC(C)CN=Cc1ccco1. The minimum absolute atomic E-state index is 0.663. The molecular formula is C10H15NO. The van der Waals surface area contributed by atoms with Gasteiger partial charge in [0.25, 0.3) is 0 Å². The largest absolute Gasteiger partial charge is 0.463 e. The average molecular weight is 165 g/mol. The Morgan fingerprint density at radius 2 is 2.50 bits per heavy atom. The van der Waals surface area contributed by atoms with Crippen molar-refractivity contribution in [1.29, 1.82) is 0 Å². The zero-order valence-corrected chi connectivity index (χ0v) is 7.66. The average Bonchev–Trinajstić information content (AvgIpc) is 2.57. The molecule has 0 spiro atoms. The fraction of sp³-hybridized carbons (Fsp3) is 0.500. The Morgan fingerprint density at radius 1 is 1.67 bits per heavy atom. The molecule has 1 aromatic heterocycles. The van der Waals surface area contributed by atoms with Crippen molar-refractivity contribution in [2.75, 3.05) is 6.54 Å². The van der Waals surface area contributed by atoms with E-state index in [-0.39, 0.29) is 0 Å². The van der Waals surface area contributed by atoms with Gasteiger partial charge in [0.05, 0.1) is 12.5 Å². The predicted molar refractivity (Wildman–Crippen MR) is 50.6 cm³/mol. The van der Waals surface area contributed by atoms with Crippen LogP contribution in [0.3, 0.4) is 0 Å². The Kier molecular flexibility index (Phi) is 3.58. The minimum atomic E-state index is 0.663. The van der Waals surface area contributed by atoms with Gasteiger partial charge in [0.2, 0.25) is 0 Å². The van der Waals surface area contributed by atoms with Crippen LogP contribution in [0, 0.1) is 5.92 Å². The van der Waals surface area contributed by atoms with Crippen LogP contribution in [0.1, 0.15) is 26.0 Å². The van der Waals surface area contributed by atoms with Crippen LogP contribution in [-0.4, -0.2) is 12.8 Å². The smallest absolute Gasteiger partial charge is 0.144 e. The fourth-order valence-corrected chi connectivity index (χ4v) is 0.816. The Bertz CT molecular complexity index is 226. The number of nitrogens with zero attached hydrogens (tertiary/aromatic N) is 1. The summed E-state index contributed by atoms with van der Waals surface area (Å²) in [6.45, 7) is 5.25. The van der Waals surface area contributed by atoms with Crippen molar-refractivity contribution in [2.24, 2.45) is 10.9 Å². The van der Waals surface area contributed by atoms with E-state index in [0.29, 0.717) is 5.92 Å². The molecule has 0 aliphatic rings. The van der Waals surface area contributed by atoms with Gasteiger partial charge in [0.15, 0.2) is 0 Å². The van der Waals surface area contributed by atoms with Gasteiger partial charge >= 0.3 is 0 Å². The molecule has 2 heteroatoms. The van der Waals surface area contributed by atoms with E-state index >= 15 is 0 Å². The van der Waals surface area contributed by atoms with E-state index in [4.69, 9.17) is 4.42 Å². The highest BCUT2D eigenvalue weighted by Crippen LogP contribution is 2.01. The summed E-state index contributed by atoms with van der Waals surface area (Å²) in [6.07, 6.45) is 4.62. The molecule has 1 aromatic rings. The van der Waals surface area contributed by atoms with Gasteiger partial charge in [-0.15, -0.1) is 0 Å². The third kappa shape index (κ3) is 2.91. The molecule has 0 saturated heterocycles. The zero-order valence-electron chi connectivity index (χ0n) is 7.66. The lowest BCUT2D eigenvalue weighted by atomic mass is 10.1. The van der Waals surface area contributed by atoms with Crippen LogP contribution in [0.4, 0.5) is 0 Å². The number of rotatable bonds is 4. The monoisotopic (exact) mass is 165 g/mol. The molecule has 0 N–H and O–H groups in total. The molecule has 0 fully saturated rings. The fourth-order valence-electron chi connectivity index (χ4n) is 0.816. The van der Waals surface area contributed by atoms with E-state index < -0.39 is 0 Å². The molecule has 0 aliphatic carbocycles. The summed E-state index contributed by atoms with van der Waals surface area (Å²) in [4.78, 5) is 4.27. The highest BCUT2D eigenvalue weighted by Gasteiger charge is 1.94. The van der Waals surface area contributed by atoms with E-state index in [2.05, 4.69) is 18.8 Å². The van der Waals surface area contributed by atoms with E-state index in [1.54, 1.807) is 12.5 Å². The molecule has 2 nitrogen and oxygen atoms in total. The number of aliphatic imine (C=N–C) groups is 1. The van der Waals surface area contributed by atoms with Crippen LogP contribution in [0.5, 0.6) is 0 Å². The van der Waals surface area contributed by atoms with Crippen LogP contribution < -0.4 is 0 Å². The first-order valence-electron chi connectivity index (χ1n) is 4.36. The zero-order chi connectivity index (χ0) is 8.81. The molecule has 1 atom stereocenters. The first-order chi connectivity index (χ1) is 5.83. The van der Waals surface area contributed by atoms with Gasteiger partial charge < -0.3 is 4.42 Å². The Balaban J connectivity index is 2.32. The molecule has 0 aliphatic heterocycles. The molecule has 1 unspecified atom stereocenters. The lowest BCUT2D eigenvalue weighted by molar-refractivity contribution is 0.555. The summed E-state index contributed by atoms with van der Waals surface area (Å²) < 4.78 is 5.10. The van der Waals surface area contributed by atoms with Gasteiger partial charge in [-0.2, -0.15) is 0 Å². The summed E-state index contributed by atoms with van der Waals surface area (Å²) in [7, 11) is 0. The van der Waals surface area contributed by atoms with Gasteiger partial charge in [0, 0.05) is 6.54 Å². The lowest BCUT2D eigenvalue weighted by Crippen LogP contribution is -1.96. The predicted octanol–water partition coefficient (Wildman–Crippen LogP) is 2.74. The highest BCUT2D eigenvalue weighted by molar-refractivity contribution is 5.75. The molecule has 0 aromatic carbocycles. The van der Waals surface area contributed by atoms with Crippen LogP contribution in [0.15, 0.2) is 27.8 Å². The second kappa shape index (κ2) is 4.75. The second-order valence-electron chi connectivity index (χ2n) is 3.02. The maximum Gasteiger partial charge on any atom is 0.144 e. The van der Waals surface area contributed by atoms with Crippen LogP contribution in [0.25, 0.3) is 0 Å². The highest BCUT2D eigenvalue weighted by atomic mass is 16.3. The standard InChI is InChI=1S/C10H15NO/c1-3-9(2)7-11-8-10-5-4-6-12-10/h4-6,8-9H,3,7H2,1-2H3. The summed E-state index contributed by atoms with van der Waals surface area (Å²) in [5, 5.41) is 0. The summed E-state index contributed by atoms with van der Waals surface area (Å²) in [5.41, 5.74) is 0. The topological polar surface area (TPSA) is 25.5 Å². The molecule has 0 radical (unpaired) electrons. The van der Waals surface area contributed by atoms with Crippen molar-refractivity contribution >= 4 is 6.21 Å². The minimum Gasteiger partial charge on any atom is -0.463 e. The molecule has 0 bridgehead atoms. The van der Waals surface area contributed by atoms with Crippen molar-refractivity contribution in [1.82, 2.24) is 0 Å². The Morgan fingerprint density at radius 3 is 3.08 bits per heavy atom. The van der Waals surface area contributed by atoms with E-state index in [1.807, 2.05) is 12.1 Å². The summed E-state index contributed by atoms with van der Waals surface area (Å²) >= 11 is 0. The molecule has 1 heterocycles. The number of hydrogen-bond donors (Lipinski definition) is 0. The molecule has 1 rings (SSSR count). The lowest BCUT2D eigenvalue weighted by Gasteiger charge is -2.01. The van der Waals surface area contributed by atoms with Gasteiger partial charge in [-0.05, 0) is 18.1 Å². The molecule has 12 heavy (non-hydrogen) atoms. The Hall–Kier alpha value is -1.05. The first-order valence-corrected chi connectivity index (χ1v) is 4.36. The van der Waals surface area contributed by atoms with Crippen molar-refractivity contribution in [2.45, 2.75) is 20.3 Å². The Labute approximate surface area is 73.3 Å². The first kappa shape index (κ1) is 9.04. The molecular weight excluding hydrogens is 150 g/mol. The third-order valence-corrected chi connectivity index (χ3v) is 1.88. The van der Waals surface area contributed by atoms with Gasteiger partial charge in [-0.3, -0.25) is 4.99 Å². The van der Waals surface area contributed by atoms with Crippen LogP contribution in [-0.2, 0) is 0 Å². The summed E-state index contributed by atoms with van der Waals surface area (Å²) in [6, 6.07) is 3.77. The normalized spacial score (nSPS) is 13.8. The van der Waals surface area contributed by atoms with Crippen molar-refractivity contribution in [3.05, 3.63) is 24.2 Å². The van der Waals surface area contributed by atoms with Gasteiger partial charge in [0.1, 0.15) is 5.76 Å². The van der Waals surface area contributed by atoms with Gasteiger partial charge in [-0.1, -0.05) is 20.3 Å². The molecule has 0 amide bonds. The maximum atomic E-state index is 5.10. The van der Waals surface area contributed by atoms with E-state index in [0.717, 1.165) is 12.3 Å². The van der Waals surface area contributed by atoms with Crippen molar-refractivity contribution < 1.29 is 4.42 Å². The van der Waals surface area contributed by atoms with Crippen molar-refractivity contribution in [3.63, 3.8) is 0 Å². The van der Waals surface area contributed by atoms with Gasteiger partial charge in [-0.25, -0.2) is 0 Å². The third-order valence-electron chi connectivity index (χ3n) is 1.88. The van der Waals surface area contributed by atoms with E-state index in [9.17, 15) is 0 Å². The number of furan rings is 1. The summed E-state index contributed by atoms with van der Waals surface area (Å²) in [5.74, 6) is 1.49. The quantitative estimate of drug-likeness (QED) is 0.630.